The lowest BCUT2D eigenvalue weighted by Gasteiger charge is -2.44. The van der Waals surface area contributed by atoms with Crippen LogP contribution >= 0.6 is 0 Å². The third-order valence-electron chi connectivity index (χ3n) is 5.58. The molecule has 116 valence electrons. The van der Waals surface area contributed by atoms with Crippen molar-refractivity contribution in [3.63, 3.8) is 0 Å². The van der Waals surface area contributed by atoms with Gasteiger partial charge in [-0.3, -0.25) is 0 Å². The Balaban J connectivity index is 1.75. The van der Waals surface area contributed by atoms with Gasteiger partial charge in [0, 0.05) is 11.5 Å². The second-order valence-electron chi connectivity index (χ2n) is 8.08. The number of carbonyl (C=O) groups is 1. The zero-order valence-corrected chi connectivity index (χ0v) is 13.6. The standard InChI is InChI=1S/C20H24O2/c1-20(2,3)22-19(21)18-15(12-7-5-4-6-8-12)16-13-9-10-14(11-13)17(16)18/h4-8,13-14,16-17H,9-11H2,1-3H3/t13-,14+,16-,17-/m0/s1. The zero-order chi connectivity index (χ0) is 15.5. The summed E-state index contributed by atoms with van der Waals surface area (Å²) in [6, 6.07) is 10.4. The highest BCUT2D eigenvalue weighted by Crippen LogP contribution is 2.66. The van der Waals surface area contributed by atoms with E-state index in [-0.39, 0.29) is 5.97 Å². The number of ether oxygens (including phenoxy) is 1. The fraction of sp³-hybridized carbons (Fsp3) is 0.550. The molecule has 0 aliphatic heterocycles. The molecule has 2 nitrogen and oxygen atoms in total. The van der Waals surface area contributed by atoms with Crippen LogP contribution in [0.3, 0.4) is 0 Å². The van der Waals surface area contributed by atoms with Crippen molar-refractivity contribution in [2.45, 2.75) is 45.6 Å². The first-order chi connectivity index (χ1) is 10.5. The third kappa shape index (κ3) is 2.04. The first kappa shape index (κ1) is 14.0. The van der Waals surface area contributed by atoms with E-state index >= 15 is 0 Å². The second-order valence-corrected chi connectivity index (χ2v) is 8.08. The maximum atomic E-state index is 12.8. The molecule has 4 rings (SSSR count). The Morgan fingerprint density at radius 1 is 1.05 bits per heavy atom. The molecule has 0 radical (unpaired) electrons. The lowest BCUT2D eigenvalue weighted by molar-refractivity contribution is -0.151. The van der Waals surface area contributed by atoms with Crippen molar-refractivity contribution in [2.75, 3.05) is 0 Å². The Bertz CT molecular complexity index is 635. The van der Waals surface area contributed by atoms with Gasteiger partial charge in [-0.1, -0.05) is 30.3 Å². The van der Waals surface area contributed by atoms with Crippen LogP contribution in [0.5, 0.6) is 0 Å². The molecule has 3 aliphatic rings. The highest BCUT2D eigenvalue weighted by Gasteiger charge is 2.59. The average Bonchev–Trinajstić information content (AvgIpc) is 2.95. The number of fused-ring (bicyclic) bond motifs is 5. The van der Waals surface area contributed by atoms with Crippen LogP contribution in [-0.4, -0.2) is 11.6 Å². The molecular formula is C20H24O2. The lowest BCUT2D eigenvalue weighted by atomic mass is 9.59. The van der Waals surface area contributed by atoms with E-state index in [4.69, 9.17) is 4.74 Å². The summed E-state index contributed by atoms with van der Waals surface area (Å²) in [5.41, 5.74) is 3.07. The molecule has 4 atom stereocenters. The number of benzene rings is 1. The molecule has 1 aromatic carbocycles. The summed E-state index contributed by atoms with van der Waals surface area (Å²) < 4.78 is 5.71. The third-order valence-corrected chi connectivity index (χ3v) is 5.58. The van der Waals surface area contributed by atoms with Gasteiger partial charge in [-0.15, -0.1) is 0 Å². The Hall–Kier alpha value is -1.57. The van der Waals surface area contributed by atoms with Crippen LogP contribution in [0.15, 0.2) is 35.9 Å². The molecule has 2 heteroatoms. The van der Waals surface area contributed by atoms with E-state index in [1.807, 2.05) is 26.8 Å². The van der Waals surface area contributed by atoms with Crippen LogP contribution in [0.2, 0.25) is 0 Å². The molecule has 0 spiro atoms. The molecular weight excluding hydrogens is 272 g/mol. The van der Waals surface area contributed by atoms with E-state index in [9.17, 15) is 4.79 Å². The largest absolute Gasteiger partial charge is 0.457 e. The van der Waals surface area contributed by atoms with Crippen molar-refractivity contribution in [1.82, 2.24) is 0 Å². The molecule has 0 aromatic heterocycles. The number of hydrogen-bond donors (Lipinski definition) is 0. The van der Waals surface area contributed by atoms with Gasteiger partial charge in [0.15, 0.2) is 0 Å². The number of allylic oxidation sites excluding steroid dienone is 1. The first-order valence-electron chi connectivity index (χ1n) is 8.48. The summed E-state index contributed by atoms with van der Waals surface area (Å²) in [4.78, 5) is 12.8. The molecule has 2 fully saturated rings. The van der Waals surface area contributed by atoms with Crippen molar-refractivity contribution < 1.29 is 9.53 Å². The number of esters is 1. The van der Waals surface area contributed by atoms with Gasteiger partial charge < -0.3 is 4.74 Å². The topological polar surface area (TPSA) is 26.3 Å². The van der Waals surface area contributed by atoms with E-state index in [1.54, 1.807) is 0 Å². The van der Waals surface area contributed by atoms with Crippen LogP contribution in [0.1, 0.15) is 45.6 Å². The van der Waals surface area contributed by atoms with Gasteiger partial charge in [0.25, 0.3) is 0 Å². The van der Waals surface area contributed by atoms with E-state index < -0.39 is 5.60 Å². The molecule has 0 heterocycles. The highest BCUT2D eigenvalue weighted by molar-refractivity contribution is 6.03. The number of hydrogen-bond acceptors (Lipinski definition) is 2. The number of rotatable bonds is 2. The van der Waals surface area contributed by atoms with Gasteiger partial charge >= 0.3 is 5.97 Å². The van der Waals surface area contributed by atoms with Crippen molar-refractivity contribution in [3.8, 4) is 0 Å². The van der Waals surface area contributed by atoms with Crippen LogP contribution < -0.4 is 0 Å². The molecule has 3 aliphatic carbocycles. The van der Waals surface area contributed by atoms with E-state index in [2.05, 4.69) is 24.3 Å². The summed E-state index contributed by atoms with van der Waals surface area (Å²) in [5.74, 6) is 2.48. The fourth-order valence-electron chi connectivity index (χ4n) is 4.93. The monoisotopic (exact) mass is 296 g/mol. The maximum absolute atomic E-state index is 12.8. The minimum Gasteiger partial charge on any atom is -0.457 e. The quantitative estimate of drug-likeness (QED) is 0.753. The van der Waals surface area contributed by atoms with E-state index in [0.29, 0.717) is 17.8 Å². The lowest BCUT2D eigenvalue weighted by Crippen LogP contribution is -2.40. The van der Waals surface area contributed by atoms with Gasteiger partial charge in [0.2, 0.25) is 0 Å². The second kappa shape index (κ2) is 4.71. The highest BCUT2D eigenvalue weighted by atomic mass is 16.6. The predicted octanol–water partition coefficient (Wildman–Crippen LogP) is 4.46. The predicted molar refractivity (Wildman–Crippen MR) is 87.0 cm³/mol. The molecule has 22 heavy (non-hydrogen) atoms. The van der Waals surface area contributed by atoms with Crippen LogP contribution in [0.4, 0.5) is 0 Å². The molecule has 1 aromatic rings. The van der Waals surface area contributed by atoms with Gasteiger partial charge in [0.1, 0.15) is 5.60 Å². The Morgan fingerprint density at radius 2 is 1.68 bits per heavy atom. The Kier molecular flexibility index (Phi) is 3.01. The minimum absolute atomic E-state index is 0.0832. The Labute approximate surface area is 132 Å². The smallest absolute Gasteiger partial charge is 0.335 e. The van der Waals surface area contributed by atoms with Gasteiger partial charge in [-0.05, 0) is 68.9 Å². The Morgan fingerprint density at radius 3 is 2.32 bits per heavy atom. The van der Waals surface area contributed by atoms with Gasteiger partial charge in [-0.25, -0.2) is 4.79 Å². The fourth-order valence-corrected chi connectivity index (χ4v) is 4.93. The maximum Gasteiger partial charge on any atom is 0.335 e. The summed E-state index contributed by atoms with van der Waals surface area (Å²) in [7, 11) is 0. The van der Waals surface area contributed by atoms with Gasteiger partial charge in [0.05, 0.1) is 0 Å². The normalized spacial score (nSPS) is 32.7. The SMILES string of the molecule is CC(C)(C)OC(=O)C1=C(c2ccccc2)[C@@H]2[C@H]3CC[C@H](C3)[C@H]12. The minimum atomic E-state index is -0.422. The van der Waals surface area contributed by atoms with Crippen molar-refractivity contribution in [1.29, 1.82) is 0 Å². The average molecular weight is 296 g/mol. The van der Waals surface area contributed by atoms with Crippen molar-refractivity contribution in [2.24, 2.45) is 23.7 Å². The molecule has 2 bridgehead atoms. The first-order valence-corrected chi connectivity index (χ1v) is 8.48. The van der Waals surface area contributed by atoms with Crippen molar-refractivity contribution in [3.05, 3.63) is 41.5 Å². The van der Waals surface area contributed by atoms with E-state index in [1.165, 1.54) is 30.4 Å². The molecule has 0 amide bonds. The van der Waals surface area contributed by atoms with Crippen LogP contribution in [0.25, 0.3) is 5.57 Å². The summed E-state index contributed by atoms with van der Waals surface area (Å²) in [6.45, 7) is 5.85. The van der Waals surface area contributed by atoms with Crippen LogP contribution in [-0.2, 0) is 9.53 Å². The van der Waals surface area contributed by atoms with Gasteiger partial charge in [-0.2, -0.15) is 0 Å². The summed E-state index contributed by atoms with van der Waals surface area (Å²) in [6.07, 6.45) is 3.93. The molecule has 0 unspecified atom stereocenters. The van der Waals surface area contributed by atoms with Crippen LogP contribution in [0, 0.1) is 23.7 Å². The number of carbonyl (C=O) groups excluding carboxylic acids is 1. The van der Waals surface area contributed by atoms with E-state index in [0.717, 1.165) is 11.5 Å². The molecule has 0 N–H and O–H groups in total. The molecule has 2 saturated carbocycles. The van der Waals surface area contributed by atoms with Crippen molar-refractivity contribution >= 4 is 11.5 Å². The molecule has 0 saturated heterocycles. The summed E-state index contributed by atoms with van der Waals surface area (Å²) >= 11 is 0. The summed E-state index contributed by atoms with van der Waals surface area (Å²) in [5, 5.41) is 0. The zero-order valence-electron chi connectivity index (χ0n) is 13.6.